The Morgan fingerprint density at radius 3 is 2.78 bits per heavy atom. The molecule has 1 heterocycles. The first kappa shape index (κ1) is 14.8. The summed E-state index contributed by atoms with van der Waals surface area (Å²) in [5.41, 5.74) is 0.454. The van der Waals surface area contributed by atoms with Crippen molar-refractivity contribution in [3.8, 4) is 0 Å². The molecule has 0 fully saturated rings. The van der Waals surface area contributed by atoms with E-state index in [4.69, 9.17) is 4.74 Å². The Kier molecular flexibility index (Phi) is 6.57. The van der Waals surface area contributed by atoms with Gasteiger partial charge < -0.3 is 10.1 Å². The first-order chi connectivity index (χ1) is 8.65. The SMILES string of the molecule is CCc1ncnc(NCCCCOC(C)C)c1F. The van der Waals surface area contributed by atoms with Gasteiger partial charge in [0, 0.05) is 13.2 Å². The number of ether oxygens (including phenoxy) is 1. The van der Waals surface area contributed by atoms with Gasteiger partial charge in [-0.1, -0.05) is 6.92 Å². The summed E-state index contributed by atoms with van der Waals surface area (Å²) in [6, 6.07) is 0. The quantitative estimate of drug-likeness (QED) is 0.726. The van der Waals surface area contributed by atoms with E-state index in [-0.39, 0.29) is 11.9 Å². The van der Waals surface area contributed by atoms with E-state index in [1.54, 1.807) is 0 Å². The molecule has 5 heteroatoms. The molecule has 0 bridgehead atoms. The number of unbranched alkanes of at least 4 members (excludes halogenated alkanes) is 1. The van der Waals surface area contributed by atoms with Gasteiger partial charge in [0.1, 0.15) is 6.33 Å². The van der Waals surface area contributed by atoms with Crippen LogP contribution in [-0.2, 0) is 11.2 Å². The van der Waals surface area contributed by atoms with E-state index in [1.165, 1.54) is 6.33 Å². The third-order valence-electron chi connectivity index (χ3n) is 2.51. The van der Waals surface area contributed by atoms with Crippen molar-refractivity contribution in [3.05, 3.63) is 17.8 Å². The molecule has 0 amide bonds. The zero-order valence-corrected chi connectivity index (χ0v) is 11.4. The largest absolute Gasteiger partial charge is 0.379 e. The lowest BCUT2D eigenvalue weighted by Crippen LogP contribution is -2.10. The summed E-state index contributed by atoms with van der Waals surface area (Å²) in [5, 5.41) is 2.99. The van der Waals surface area contributed by atoms with Crippen molar-refractivity contribution in [2.24, 2.45) is 0 Å². The van der Waals surface area contributed by atoms with Crippen molar-refractivity contribution in [1.29, 1.82) is 0 Å². The van der Waals surface area contributed by atoms with Crippen LogP contribution in [0.3, 0.4) is 0 Å². The molecule has 1 N–H and O–H groups in total. The van der Waals surface area contributed by atoms with Crippen molar-refractivity contribution in [3.63, 3.8) is 0 Å². The maximum absolute atomic E-state index is 13.7. The number of aryl methyl sites for hydroxylation is 1. The van der Waals surface area contributed by atoms with Crippen molar-refractivity contribution < 1.29 is 9.13 Å². The predicted octanol–water partition coefficient (Wildman–Crippen LogP) is 2.80. The Balaban J connectivity index is 2.27. The molecule has 0 saturated heterocycles. The lowest BCUT2D eigenvalue weighted by atomic mass is 10.3. The second-order valence-electron chi connectivity index (χ2n) is 4.39. The van der Waals surface area contributed by atoms with Crippen LogP contribution in [0.15, 0.2) is 6.33 Å². The van der Waals surface area contributed by atoms with E-state index >= 15 is 0 Å². The molecule has 1 aromatic heterocycles. The monoisotopic (exact) mass is 255 g/mol. The number of nitrogens with zero attached hydrogens (tertiary/aromatic N) is 2. The smallest absolute Gasteiger partial charge is 0.186 e. The standard InChI is InChI=1S/C13H22FN3O/c1-4-11-12(14)13(17-9-16-11)15-7-5-6-8-18-10(2)3/h9-10H,4-8H2,1-3H3,(H,15,16,17). The van der Waals surface area contributed by atoms with E-state index in [2.05, 4.69) is 15.3 Å². The lowest BCUT2D eigenvalue weighted by Gasteiger charge is -2.09. The van der Waals surface area contributed by atoms with E-state index in [1.807, 2.05) is 20.8 Å². The number of rotatable bonds is 8. The fourth-order valence-electron chi connectivity index (χ4n) is 1.53. The van der Waals surface area contributed by atoms with Gasteiger partial charge in [0.05, 0.1) is 11.8 Å². The van der Waals surface area contributed by atoms with Crippen LogP contribution in [0.25, 0.3) is 0 Å². The highest BCUT2D eigenvalue weighted by molar-refractivity contribution is 5.36. The van der Waals surface area contributed by atoms with E-state index in [0.717, 1.165) is 19.4 Å². The van der Waals surface area contributed by atoms with E-state index in [0.29, 0.717) is 24.5 Å². The summed E-state index contributed by atoms with van der Waals surface area (Å²) in [6.07, 6.45) is 4.12. The Hall–Kier alpha value is -1.23. The van der Waals surface area contributed by atoms with Crippen LogP contribution in [0.5, 0.6) is 0 Å². The Bertz CT molecular complexity index is 358. The molecule has 0 unspecified atom stereocenters. The van der Waals surface area contributed by atoms with E-state index < -0.39 is 0 Å². The van der Waals surface area contributed by atoms with Crippen molar-refractivity contribution in [2.45, 2.75) is 46.1 Å². The number of anilines is 1. The zero-order valence-electron chi connectivity index (χ0n) is 11.4. The zero-order chi connectivity index (χ0) is 13.4. The summed E-state index contributed by atoms with van der Waals surface area (Å²) in [4.78, 5) is 7.79. The third-order valence-corrected chi connectivity index (χ3v) is 2.51. The fourth-order valence-corrected chi connectivity index (χ4v) is 1.53. The van der Waals surface area contributed by atoms with Gasteiger partial charge in [-0.3, -0.25) is 0 Å². The number of hydrogen-bond donors (Lipinski definition) is 1. The molecule has 102 valence electrons. The first-order valence-corrected chi connectivity index (χ1v) is 6.50. The average Bonchev–Trinajstić information content (AvgIpc) is 2.35. The molecule has 0 aromatic carbocycles. The van der Waals surface area contributed by atoms with Gasteiger partial charge in [-0.2, -0.15) is 0 Å². The fraction of sp³-hybridized carbons (Fsp3) is 0.692. The van der Waals surface area contributed by atoms with Gasteiger partial charge in [0.2, 0.25) is 0 Å². The van der Waals surface area contributed by atoms with Crippen LogP contribution in [0, 0.1) is 5.82 Å². The molecule has 0 aliphatic carbocycles. The molecular formula is C13H22FN3O. The lowest BCUT2D eigenvalue weighted by molar-refractivity contribution is 0.0765. The van der Waals surface area contributed by atoms with Gasteiger partial charge in [0.25, 0.3) is 0 Å². The number of hydrogen-bond acceptors (Lipinski definition) is 4. The molecule has 0 aliphatic rings. The highest BCUT2D eigenvalue weighted by atomic mass is 19.1. The molecule has 18 heavy (non-hydrogen) atoms. The molecule has 1 rings (SSSR count). The second-order valence-corrected chi connectivity index (χ2v) is 4.39. The van der Waals surface area contributed by atoms with Gasteiger partial charge in [-0.25, -0.2) is 14.4 Å². The molecule has 0 radical (unpaired) electrons. The molecule has 0 saturated carbocycles. The minimum absolute atomic E-state index is 0.268. The summed E-state index contributed by atoms with van der Waals surface area (Å²) in [6.45, 7) is 7.34. The van der Waals surface area contributed by atoms with Crippen LogP contribution < -0.4 is 5.32 Å². The molecule has 1 aromatic rings. The molecule has 0 spiro atoms. The van der Waals surface area contributed by atoms with Gasteiger partial charge in [0.15, 0.2) is 11.6 Å². The molecule has 0 aliphatic heterocycles. The highest BCUT2D eigenvalue weighted by Crippen LogP contribution is 2.13. The Morgan fingerprint density at radius 2 is 2.11 bits per heavy atom. The maximum atomic E-state index is 13.7. The molecule has 4 nitrogen and oxygen atoms in total. The van der Waals surface area contributed by atoms with Crippen molar-refractivity contribution in [1.82, 2.24) is 9.97 Å². The second kappa shape index (κ2) is 7.97. The van der Waals surface area contributed by atoms with Crippen LogP contribution in [-0.4, -0.2) is 29.2 Å². The van der Waals surface area contributed by atoms with Crippen LogP contribution in [0.1, 0.15) is 39.3 Å². The van der Waals surface area contributed by atoms with Gasteiger partial charge in [-0.15, -0.1) is 0 Å². The first-order valence-electron chi connectivity index (χ1n) is 6.50. The highest BCUT2D eigenvalue weighted by Gasteiger charge is 2.08. The average molecular weight is 255 g/mol. The number of aromatic nitrogens is 2. The van der Waals surface area contributed by atoms with Gasteiger partial charge in [-0.05, 0) is 33.1 Å². The summed E-state index contributed by atoms with van der Waals surface area (Å²) in [7, 11) is 0. The Labute approximate surface area is 108 Å². The van der Waals surface area contributed by atoms with Crippen LogP contribution in [0.2, 0.25) is 0 Å². The minimum Gasteiger partial charge on any atom is -0.379 e. The summed E-state index contributed by atoms with van der Waals surface area (Å²) in [5.74, 6) is -0.0370. The summed E-state index contributed by atoms with van der Waals surface area (Å²) >= 11 is 0. The van der Waals surface area contributed by atoms with Crippen LogP contribution in [0.4, 0.5) is 10.2 Å². The minimum atomic E-state index is -0.335. The molecular weight excluding hydrogens is 233 g/mol. The third kappa shape index (κ3) is 4.96. The predicted molar refractivity (Wildman–Crippen MR) is 70.2 cm³/mol. The summed E-state index contributed by atoms with van der Waals surface area (Å²) < 4.78 is 19.2. The maximum Gasteiger partial charge on any atom is 0.186 e. The van der Waals surface area contributed by atoms with Crippen molar-refractivity contribution >= 4 is 5.82 Å². The van der Waals surface area contributed by atoms with Gasteiger partial charge >= 0.3 is 0 Å². The topological polar surface area (TPSA) is 47.0 Å². The molecule has 0 atom stereocenters. The van der Waals surface area contributed by atoms with E-state index in [9.17, 15) is 4.39 Å². The normalized spacial score (nSPS) is 10.9. The van der Waals surface area contributed by atoms with Crippen molar-refractivity contribution in [2.75, 3.05) is 18.5 Å². The van der Waals surface area contributed by atoms with Crippen LogP contribution >= 0.6 is 0 Å². The number of nitrogens with one attached hydrogen (secondary N) is 1. The number of halogens is 1. The Morgan fingerprint density at radius 1 is 1.33 bits per heavy atom.